The average molecular weight is 246 g/mol. The van der Waals surface area contributed by atoms with Crippen molar-refractivity contribution in [3.8, 4) is 0 Å². The summed E-state index contributed by atoms with van der Waals surface area (Å²) in [6.45, 7) is 2.49. The van der Waals surface area contributed by atoms with Crippen LogP contribution in [0.1, 0.15) is 30.4 Å². The molecular weight excluding hydrogens is 228 g/mol. The molecule has 0 spiro atoms. The lowest BCUT2D eigenvalue weighted by molar-refractivity contribution is -0.385. The van der Waals surface area contributed by atoms with Crippen molar-refractivity contribution in [1.29, 1.82) is 0 Å². The van der Waals surface area contributed by atoms with E-state index in [1.807, 2.05) is 13.0 Å². The standard InChI is InChI=1S/C14H18N2O2/c1-11-12(6-5-9-14(11)16(17)18)10-15-13-7-3-2-4-8-13/h3,5-7,9,13,15H,2,4,8,10H2,1H3. The van der Waals surface area contributed by atoms with Gasteiger partial charge in [-0.2, -0.15) is 0 Å². The lowest BCUT2D eigenvalue weighted by Gasteiger charge is -2.18. The quantitative estimate of drug-likeness (QED) is 0.504. The SMILES string of the molecule is Cc1c(CNC2C=CCCC2)cccc1[N+](=O)[O-]. The van der Waals surface area contributed by atoms with Crippen molar-refractivity contribution in [3.05, 3.63) is 51.6 Å². The maximum atomic E-state index is 10.9. The van der Waals surface area contributed by atoms with Crippen molar-refractivity contribution < 1.29 is 4.92 Å². The van der Waals surface area contributed by atoms with Crippen LogP contribution in [-0.4, -0.2) is 11.0 Å². The summed E-state index contributed by atoms with van der Waals surface area (Å²) in [5.41, 5.74) is 1.96. The van der Waals surface area contributed by atoms with E-state index in [1.165, 1.54) is 6.42 Å². The van der Waals surface area contributed by atoms with E-state index in [2.05, 4.69) is 17.5 Å². The fourth-order valence-corrected chi connectivity index (χ4v) is 2.28. The topological polar surface area (TPSA) is 55.2 Å². The third-order valence-electron chi connectivity index (χ3n) is 3.42. The number of benzene rings is 1. The Bertz CT molecular complexity index is 469. The van der Waals surface area contributed by atoms with Crippen LogP contribution in [0.25, 0.3) is 0 Å². The smallest absolute Gasteiger partial charge is 0.272 e. The first-order chi connectivity index (χ1) is 8.68. The molecule has 0 radical (unpaired) electrons. The molecule has 0 bridgehead atoms. The summed E-state index contributed by atoms with van der Waals surface area (Å²) in [6, 6.07) is 5.65. The van der Waals surface area contributed by atoms with E-state index >= 15 is 0 Å². The summed E-state index contributed by atoms with van der Waals surface area (Å²) < 4.78 is 0. The first-order valence-corrected chi connectivity index (χ1v) is 6.31. The molecule has 4 heteroatoms. The molecule has 4 nitrogen and oxygen atoms in total. The average Bonchev–Trinajstić information content (AvgIpc) is 2.38. The number of nitrogens with one attached hydrogen (secondary N) is 1. The van der Waals surface area contributed by atoms with Gasteiger partial charge in [0.15, 0.2) is 0 Å². The summed E-state index contributed by atoms with van der Waals surface area (Å²) in [7, 11) is 0. The maximum absolute atomic E-state index is 10.9. The third kappa shape index (κ3) is 2.96. The first kappa shape index (κ1) is 12.8. The zero-order valence-corrected chi connectivity index (χ0v) is 10.6. The minimum absolute atomic E-state index is 0.202. The molecular formula is C14H18N2O2. The summed E-state index contributed by atoms with van der Waals surface area (Å²) in [5.74, 6) is 0. The highest BCUT2D eigenvalue weighted by molar-refractivity contribution is 5.44. The van der Waals surface area contributed by atoms with Gasteiger partial charge in [-0.1, -0.05) is 24.3 Å². The molecule has 0 aromatic heterocycles. The van der Waals surface area contributed by atoms with Crippen molar-refractivity contribution >= 4 is 5.69 Å². The van der Waals surface area contributed by atoms with Gasteiger partial charge in [0.1, 0.15) is 0 Å². The molecule has 1 aromatic carbocycles. The molecule has 0 heterocycles. The molecule has 1 aliphatic carbocycles. The van der Waals surface area contributed by atoms with Crippen LogP contribution in [-0.2, 0) is 6.54 Å². The molecule has 1 unspecified atom stereocenters. The van der Waals surface area contributed by atoms with Crippen LogP contribution in [0.4, 0.5) is 5.69 Å². The molecule has 18 heavy (non-hydrogen) atoms. The fourth-order valence-electron chi connectivity index (χ4n) is 2.28. The van der Waals surface area contributed by atoms with Gasteiger partial charge in [0.25, 0.3) is 5.69 Å². The van der Waals surface area contributed by atoms with Gasteiger partial charge in [0.2, 0.25) is 0 Å². The molecule has 0 fully saturated rings. The second-order valence-electron chi connectivity index (χ2n) is 4.66. The predicted molar refractivity (Wildman–Crippen MR) is 71.5 cm³/mol. The third-order valence-corrected chi connectivity index (χ3v) is 3.42. The molecule has 0 saturated carbocycles. The minimum Gasteiger partial charge on any atom is -0.306 e. The van der Waals surface area contributed by atoms with Crippen LogP contribution in [0.5, 0.6) is 0 Å². The summed E-state index contributed by atoms with van der Waals surface area (Å²) in [6.07, 6.45) is 7.90. The first-order valence-electron chi connectivity index (χ1n) is 6.31. The fraction of sp³-hybridized carbons (Fsp3) is 0.429. The Morgan fingerprint density at radius 2 is 2.33 bits per heavy atom. The van der Waals surface area contributed by atoms with E-state index in [0.29, 0.717) is 12.6 Å². The van der Waals surface area contributed by atoms with E-state index in [-0.39, 0.29) is 10.6 Å². The molecule has 0 amide bonds. The maximum Gasteiger partial charge on any atom is 0.272 e. The molecule has 0 saturated heterocycles. The number of hydrogen-bond donors (Lipinski definition) is 1. The number of nitro benzene ring substituents is 1. The molecule has 1 aliphatic rings. The molecule has 2 rings (SSSR count). The lowest BCUT2D eigenvalue weighted by Crippen LogP contribution is -2.28. The Morgan fingerprint density at radius 1 is 1.50 bits per heavy atom. The van der Waals surface area contributed by atoms with E-state index < -0.39 is 0 Å². The molecule has 1 atom stereocenters. The molecule has 96 valence electrons. The van der Waals surface area contributed by atoms with Gasteiger partial charge in [0.05, 0.1) is 4.92 Å². The normalized spacial score (nSPS) is 18.8. The van der Waals surface area contributed by atoms with Gasteiger partial charge in [-0.05, 0) is 31.7 Å². The lowest BCUT2D eigenvalue weighted by atomic mass is 10.0. The number of nitro groups is 1. The Labute approximate surface area is 107 Å². The molecule has 1 aromatic rings. The van der Waals surface area contributed by atoms with Gasteiger partial charge >= 0.3 is 0 Å². The van der Waals surface area contributed by atoms with Gasteiger partial charge < -0.3 is 5.32 Å². The van der Waals surface area contributed by atoms with Crippen molar-refractivity contribution in [3.63, 3.8) is 0 Å². The Morgan fingerprint density at radius 3 is 3.00 bits per heavy atom. The zero-order valence-electron chi connectivity index (χ0n) is 10.6. The van der Waals surface area contributed by atoms with Gasteiger partial charge in [-0.25, -0.2) is 0 Å². The molecule has 1 N–H and O–H groups in total. The van der Waals surface area contributed by atoms with Crippen LogP contribution >= 0.6 is 0 Å². The minimum atomic E-state index is -0.320. The highest BCUT2D eigenvalue weighted by Gasteiger charge is 2.14. The van der Waals surface area contributed by atoms with Crippen LogP contribution in [0.3, 0.4) is 0 Å². The second-order valence-corrected chi connectivity index (χ2v) is 4.66. The number of rotatable bonds is 4. The predicted octanol–water partition coefficient (Wildman–Crippen LogP) is 3.10. The number of allylic oxidation sites excluding steroid dienone is 1. The van der Waals surface area contributed by atoms with E-state index in [0.717, 1.165) is 24.0 Å². The second kappa shape index (κ2) is 5.78. The van der Waals surface area contributed by atoms with Gasteiger partial charge in [-0.3, -0.25) is 10.1 Å². The summed E-state index contributed by atoms with van der Waals surface area (Å²) >= 11 is 0. The van der Waals surface area contributed by atoms with Crippen LogP contribution in [0, 0.1) is 17.0 Å². The zero-order chi connectivity index (χ0) is 13.0. The highest BCUT2D eigenvalue weighted by atomic mass is 16.6. The van der Waals surface area contributed by atoms with Crippen molar-refractivity contribution in [1.82, 2.24) is 5.32 Å². The van der Waals surface area contributed by atoms with Crippen LogP contribution in [0.2, 0.25) is 0 Å². The van der Waals surface area contributed by atoms with Crippen molar-refractivity contribution in [2.75, 3.05) is 0 Å². The number of hydrogen-bond acceptors (Lipinski definition) is 3. The Kier molecular flexibility index (Phi) is 4.10. The summed E-state index contributed by atoms with van der Waals surface area (Å²) in [5, 5.41) is 14.3. The summed E-state index contributed by atoms with van der Waals surface area (Å²) in [4.78, 5) is 10.5. The van der Waals surface area contributed by atoms with E-state index in [1.54, 1.807) is 12.1 Å². The molecule has 0 aliphatic heterocycles. The monoisotopic (exact) mass is 246 g/mol. The van der Waals surface area contributed by atoms with Gasteiger partial charge in [-0.15, -0.1) is 0 Å². The Hall–Kier alpha value is -1.68. The van der Waals surface area contributed by atoms with Gasteiger partial charge in [0, 0.05) is 24.2 Å². The van der Waals surface area contributed by atoms with Crippen LogP contribution in [0.15, 0.2) is 30.4 Å². The van der Waals surface area contributed by atoms with Crippen molar-refractivity contribution in [2.24, 2.45) is 0 Å². The number of nitrogens with zero attached hydrogens (tertiary/aromatic N) is 1. The van der Waals surface area contributed by atoms with E-state index in [9.17, 15) is 10.1 Å². The van der Waals surface area contributed by atoms with Crippen LogP contribution < -0.4 is 5.32 Å². The van der Waals surface area contributed by atoms with Crippen molar-refractivity contribution in [2.45, 2.75) is 38.8 Å². The largest absolute Gasteiger partial charge is 0.306 e. The Balaban J connectivity index is 2.05. The van der Waals surface area contributed by atoms with E-state index in [4.69, 9.17) is 0 Å². The highest BCUT2D eigenvalue weighted by Crippen LogP contribution is 2.21.